The van der Waals surface area contributed by atoms with Gasteiger partial charge in [-0.3, -0.25) is 9.36 Å². The molecule has 1 aromatic carbocycles. The fourth-order valence-corrected chi connectivity index (χ4v) is 5.52. The quantitative estimate of drug-likeness (QED) is 0.500. The molecule has 0 bridgehead atoms. The van der Waals surface area contributed by atoms with Crippen molar-refractivity contribution in [2.45, 2.75) is 58.0 Å². The second-order valence-electron chi connectivity index (χ2n) is 7.96. The molecule has 2 aromatic heterocycles. The molecule has 1 atom stereocenters. The van der Waals surface area contributed by atoms with Crippen LogP contribution in [0.15, 0.2) is 41.5 Å². The highest BCUT2D eigenvalue weighted by atomic mass is 32.1. The van der Waals surface area contributed by atoms with E-state index in [1.807, 2.05) is 13.0 Å². The lowest BCUT2D eigenvalue weighted by Crippen LogP contribution is -2.35. The maximum Gasteiger partial charge on any atom is 0.262 e. The Morgan fingerprint density at radius 1 is 1.27 bits per heavy atom. The number of nitrogens with one attached hydrogen (secondary N) is 1. The Morgan fingerprint density at radius 2 is 2.13 bits per heavy atom. The average molecular weight is 426 g/mol. The first kappa shape index (κ1) is 21.2. The zero-order valence-electron chi connectivity index (χ0n) is 17.7. The van der Waals surface area contributed by atoms with E-state index in [9.17, 15) is 4.79 Å². The fourth-order valence-electron chi connectivity index (χ4n) is 4.26. The molecular formula is C24H31N3O2S. The van der Waals surface area contributed by atoms with E-state index in [1.54, 1.807) is 22.2 Å². The second-order valence-corrected chi connectivity index (χ2v) is 9.04. The molecule has 5 nitrogen and oxygen atoms in total. The highest BCUT2D eigenvalue weighted by molar-refractivity contribution is 7.18. The number of ether oxygens (including phenoxy) is 1. The lowest BCUT2D eigenvalue weighted by atomic mass is 9.93. The molecule has 0 saturated heterocycles. The summed E-state index contributed by atoms with van der Waals surface area (Å²) in [5, 5.41) is 4.53. The third-order valence-electron chi connectivity index (χ3n) is 5.85. The van der Waals surface area contributed by atoms with Crippen LogP contribution in [0.25, 0.3) is 10.2 Å². The van der Waals surface area contributed by atoms with E-state index in [4.69, 9.17) is 4.74 Å². The molecule has 0 fully saturated rings. The molecule has 0 radical (unpaired) electrons. The Bertz CT molecular complexity index is 1010. The molecular weight excluding hydrogens is 394 g/mol. The predicted molar refractivity (Wildman–Crippen MR) is 124 cm³/mol. The lowest BCUT2D eigenvalue weighted by Gasteiger charge is -2.23. The van der Waals surface area contributed by atoms with E-state index in [0.29, 0.717) is 12.6 Å². The lowest BCUT2D eigenvalue weighted by molar-refractivity contribution is 0.144. The van der Waals surface area contributed by atoms with Crippen molar-refractivity contribution in [1.29, 1.82) is 0 Å². The average Bonchev–Trinajstić information content (AvgIpc) is 3.14. The molecule has 0 amide bonds. The Hall–Kier alpha value is -2.02. The zero-order valence-corrected chi connectivity index (χ0v) is 18.5. The van der Waals surface area contributed by atoms with E-state index in [-0.39, 0.29) is 5.56 Å². The zero-order chi connectivity index (χ0) is 20.8. The summed E-state index contributed by atoms with van der Waals surface area (Å²) in [6.45, 7) is 5.33. The number of rotatable bonds is 10. The third-order valence-corrected chi connectivity index (χ3v) is 7.01. The van der Waals surface area contributed by atoms with Crippen LogP contribution < -0.4 is 10.9 Å². The number of benzene rings is 1. The molecule has 0 unspecified atom stereocenters. The first-order chi connectivity index (χ1) is 14.8. The second kappa shape index (κ2) is 10.3. The first-order valence-corrected chi connectivity index (χ1v) is 11.9. The maximum absolute atomic E-state index is 13.2. The highest BCUT2D eigenvalue weighted by Gasteiger charge is 2.24. The molecule has 4 rings (SSSR count). The number of aromatic nitrogens is 2. The summed E-state index contributed by atoms with van der Waals surface area (Å²) in [5.74, 6) is 0. The van der Waals surface area contributed by atoms with Crippen molar-refractivity contribution in [3.63, 3.8) is 0 Å². The van der Waals surface area contributed by atoms with Gasteiger partial charge in [0.1, 0.15) is 4.83 Å². The standard InChI is InChI=1S/C24H31N3O2S/c1-2-29-15-7-13-25-19-11-12-20-21(16-19)30-23-22(20)24(28)27(17-26-23)14-6-10-18-8-4-3-5-9-18/h3-5,8-9,17,19,25H,2,6-7,10-16H2,1H3/t19-/m0/s1. The number of nitrogens with zero attached hydrogens (tertiary/aromatic N) is 2. The largest absolute Gasteiger partial charge is 0.382 e. The smallest absolute Gasteiger partial charge is 0.262 e. The van der Waals surface area contributed by atoms with E-state index < -0.39 is 0 Å². The minimum atomic E-state index is 0.133. The van der Waals surface area contributed by atoms with Crippen LogP contribution in [0, 0.1) is 0 Å². The Morgan fingerprint density at radius 3 is 2.97 bits per heavy atom. The monoisotopic (exact) mass is 425 g/mol. The van der Waals surface area contributed by atoms with Crippen molar-refractivity contribution in [2.24, 2.45) is 0 Å². The van der Waals surface area contributed by atoms with Crippen LogP contribution >= 0.6 is 11.3 Å². The van der Waals surface area contributed by atoms with Gasteiger partial charge in [-0.05, 0) is 63.1 Å². The Balaban J connectivity index is 1.40. The van der Waals surface area contributed by atoms with Crippen molar-refractivity contribution in [3.05, 3.63) is 63.0 Å². The number of aryl methyl sites for hydroxylation is 3. The van der Waals surface area contributed by atoms with Crippen LogP contribution in [0.4, 0.5) is 0 Å². The molecule has 1 N–H and O–H groups in total. The predicted octanol–water partition coefficient (Wildman–Crippen LogP) is 3.96. The number of thiophene rings is 1. The van der Waals surface area contributed by atoms with Gasteiger partial charge in [-0.15, -0.1) is 11.3 Å². The number of fused-ring (bicyclic) bond motifs is 3. The topological polar surface area (TPSA) is 56.1 Å². The summed E-state index contributed by atoms with van der Waals surface area (Å²) in [7, 11) is 0. The molecule has 3 aromatic rings. The van der Waals surface area contributed by atoms with Crippen molar-refractivity contribution in [3.8, 4) is 0 Å². The first-order valence-electron chi connectivity index (χ1n) is 11.1. The Kier molecular flexibility index (Phi) is 7.31. The molecule has 6 heteroatoms. The molecule has 0 aliphatic heterocycles. The minimum absolute atomic E-state index is 0.133. The maximum atomic E-state index is 13.2. The van der Waals surface area contributed by atoms with Gasteiger partial charge >= 0.3 is 0 Å². The van der Waals surface area contributed by atoms with Gasteiger partial charge in [0.2, 0.25) is 0 Å². The van der Waals surface area contributed by atoms with E-state index in [0.717, 1.165) is 68.5 Å². The van der Waals surface area contributed by atoms with Crippen LogP contribution in [0.2, 0.25) is 0 Å². The van der Waals surface area contributed by atoms with Crippen molar-refractivity contribution in [1.82, 2.24) is 14.9 Å². The molecule has 1 aliphatic rings. The van der Waals surface area contributed by atoms with E-state index in [2.05, 4.69) is 34.6 Å². The van der Waals surface area contributed by atoms with Gasteiger partial charge in [0.15, 0.2) is 0 Å². The highest BCUT2D eigenvalue weighted by Crippen LogP contribution is 2.33. The molecule has 30 heavy (non-hydrogen) atoms. The van der Waals surface area contributed by atoms with Crippen LogP contribution in [0.5, 0.6) is 0 Å². The SMILES string of the molecule is CCOCCCN[C@H]1CCc2c(sc3ncn(CCCc4ccccc4)c(=O)c23)C1. The molecule has 2 heterocycles. The van der Waals surface area contributed by atoms with Gasteiger partial charge in [-0.1, -0.05) is 30.3 Å². The summed E-state index contributed by atoms with van der Waals surface area (Å²) in [5.41, 5.74) is 2.69. The van der Waals surface area contributed by atoms with Crippen LogP contribution in [0.1, 0.15) is 42.2 Å². The summed E-state index contributed by atoms with van der Waals surface area (Å²) in [4.78, 5) is 20.0. The van der Waals surface area contributed by atoms with Crippen LogP contribution in [-0.2, 0) is 30.5 Å². The van der Waals surface area contributed by atoms with Gasteiger partial charge in [-0.25, -0.2) is 4.98 Å². The van der Waals surface area contributed by atoms with Gasteiger partial charge in [0, 0.05) is 30.7 Å². The van der Waals surface area contributed by atoms with E-state index in [1.165, 1.54) is 16.0 Å². The summed E-state index contributed by atoms with van der Waals surface area (Å²) in [6.07, 6.45) is 7.73. The molecule has 0 spiro atoms. The van der Waals surface area contributed by atoms with Crippen molar-refractivity contribution >= 4 is 21.6 Å². The molecule has 160 valence electrons. The van der Waals surface area contributed by atoms with Gasteiger partial charge in [0.25, 0.3) is 5.56 Å². The van der Waals surface area contributed by atoms with Crippen LogP contribution in [-0.4, -0.2) is 35.4 Å². The Labute approximate surface area is 182 Å². The van der Waals surface area contributed by atoms with Crippen molar-refractivity contribution in [2.75, 3.05) is 19.8 Å². The fraction of sp³-hybridized carbons (Fsp3) is 0.500. The van der Waals surface area contributed by atoms with E-state index >= 15 is 0 Å². The summed E-state index contributed by atoms with van der Waals surface area (Å²) >= 11 is 1.71. The van der Waals surface area contributed by atoms with Gasteiger partial charge in [0.05, 0.1) is 11.7 Å². The molecule has 0 saturated carbocycles. The normalized spacial score (nSPS) is 16.1. The summed E-state index contributed by atoms with van der Waals surface area (Å²) in [6, 6.07) is 10.9. The van der Waals surface area contributed by atoms with Crippen LogP contribution in [0.3, 0.4) is 0 Å². The number of hydrogen-bond acceptors (Lipinski definition) is 5. The third kappa shape index (κ3) is 4.99. The summed E-state index contributed by atoms with van der Waals surface area (Å²) < 4.78 is 7.22. The van der Waals surface area contributed by atoms with Gasteiger partial charge < -0.3 is 10.1 Å². The minimum Gasteiger partial charge on any atom is -0.382 e. The molecule has 1 aliphatic carbocycles. The van der Waals surface area contributed by atoms with Crippen molar-refractivity contribution < 1.29 is 4.74 Å². The number of hydrogen-bond donors (Lipinski definition) is 1. The van der Waals surface area contributed by atoms with Gasteiger partial charge in [-0.2, -0.15) is 0 Å².